The van der Waals surface area contributed by atoms with Gasteiger partial charge >= 0.3 is 19.1 Å². The second kappa shape index (κ2) is 13.2. The molecule has 218 valence electrons. The van der Waals surface area contributed by atoms with E-state index in [0.29, 0.717) is 5.69 Å². The average molecular weight is 566 g/mol. The summed E-state index contributed by atoms with van der Waals surface area (Å²) in [5, 5.41) is 15.7. The van der Waals surface area contributed by atoms with Gasteiger partial charge in [-0.1, -0.05) is 50.2 Å². The van der Waals surface area contributed by atoms with Gasteiger partial charge in [-0.15, -0.1) is 0 Å². The molecule has 12 nitrogen and oxygen atoms in total. The van der Waals surface area contributed by atoms with Gasteiger partial charge in [0.1, 0.15) is 23.8 Å². The van der Waals surface area contributed by atoms with Crippen LogP contribution in [0.1, 0.15) is 37.7 Å². The Balaban J connectivity index is 1.51. The van der Waals surface area contributed by atoms with Crippen molar-refractivity contribution in [2.24, 2.45) is 5.92 Å². The van der Waals surface area contributed by atoms with Crippen LogP contribution in [0.15, 0.2) is 48.5 Å². The minimum absolute atomic E-state index is 0.00170. The van der Waals surface area contributed by atoms with E-state index in [4.69, 9.17) is 14.0 Å². The average Bonchev–Trinajstić information content (AvgIpc) is 2.94. The fourth-order valence-electron chi connectivity index (χ4n) is 4.76. The predicted octanol–water partition coefficient (Wildman–Crippen LogP) is 0.585. The molecule has 1 aromatic heterocycles. The van der Waals surface area contributed by atoms with Crippen molar-refractivity contribution in [3.63, 3.8) is 0 Å². The summed E-state index contributed by atoms with van der Waals surface area (Å²) >= 11 is 0. The molecular formula is C28H35BN4O8. The summed E-state index contributed by atoms with van der Waals surface area (Å²) in [6.07, 6.45) is -1.01. The van der Waals surface area contributed by atoms with Crippen molar-refractivity contribution in [3.05, 3.63) is 54.2 Å². The first-order valence-electron chi connectivity index (χ1n) is 13.6. The summed E-state index contributed by atoms with van der Waals surface area (Å²) in [6, 6.07) is 11.3. The zero-order valence-corrected chi connectivity index (χ0v) is 23.5. The highest BCUT2D eigenvalue weighted by Gasteiger charge is 2.49. The lowest BCUT2D eigenvalue weighted by atomic mass is 9.73. The zero-order chi connectivity index (χ0) is 29.7. The summed E-state index contributed by atoms with van der Waals surface area (Å²) in [5.41, 5.74) is 1.44. The monoisotopic (exact) mass is 566 g/mol. The first-order valence-corrected chi connectivity index (χ1v) is 13.6. The molecule has 2 aliphatic heterocycles. The van der Waals surface area contributed by atoms with E-state index in [2.05, 4.69) is 15.6 Å². The highest BCUT2D eigenvalue weighted by molar-refractivity contribution is 6.51. The maximum atomic E-state index is 13.4. The number of rotatable bonds is 9. The molecular weight excluding hydrogens is 531 g/mol. The Hall–Kier alpha value is -3.81. The maximum absolute atomic E-state index is 13.4. The van der Waals surface area contributed by atoms with Gasteiger partial charge in [0.25, 0.3) is 5.91 Å². The second-order valence-electron chi connectivity index (χ2n) is 10.7. The van der Waals surface area contributed by atoms with Crippen LogP contribution < -0.4 is 10.6 Å². The minimum atomic E-state index is -1.41. The topological polar surface area (TPSA) is 156 Å². The van der Waals surface area contributed by atoms with Gasteiger partial charge in [-0.3, -0.25) is 24.1 Å². The third-order valence-corrected chi connectivity index (χ3v) is 7.03. The van der Waals surface area contributed by atoms with E-state index in [1.165, 1.54) is 13.0 Å². The van der Waals surface area contributed by atoms with Crippen LogP contribution in [0, 0.1) is 5.92 Å². The lowest BCUT2D eigenvalue weighted by Crippen LogP contribution is -2.64. The van der Waals surface area contributed by atoms with E-state index in [0.717, 1.165) is 5.56 Å². The lowest BCUT2D eigenvalue weighted by molar-refractivity contribution is -0.166. The third kappa shape index (κ3) is 7.29. The number of benzene rings is 1. The highest BCUT2D eigenvalue weighted by Crippen LogP contribution is 2.21. The number of fused-ring (bicyclic) bond motifs is 2. The molecule has 1 aromatic carbocycles. The van der Waals surface area contributed by atoms with Gasteiger partial charge in [-0.25, -0.2) is 4.98 Å². The Morgan fingerprint density at radius 2 is 1.63 bits per heavy atom. The van der Waals surface area contributed by atoms with E-state index in [1.807, 2.05) is 44.2 Å². The number of ether oxygens (including phenoxy) is 1. The first-order chi connectivity index (χ1) is 19.5. The lowest BCUT2D eigenvalue weighted by Gasteiger charge is -2.40. The van der Waals surface area contributed by atoms with Crippen LogP contribution in [0.2, 0.25) is 0 Å². The molecule has 0 radical (unpaired) electrons. The Labute approximate surface area is 238 Å². The second-order valence-corrected chi connectivity index (χ2v) is 10.7. The van der Waals surface area contributed by atoms with Gasteiger partial charge in [0.2, 0.25) is 5.91 Å². The molecule has 2 amide bonds. The molecule has 2 fully saturated rings. The van der Waals surface area contributed by atoms with Crippen molar-refractivity contribution < 1.29 is 38.3 Å². The van der Waals surface area contributed by atoms with Gasteiger partial charge in [0.15, 0.2) is 0 Å². The number of pyridine rings is 1. The number of aliphatic hydroxyl groups is 1. The number of aromatic nitrogens is 1. The van der Waals surface area contributed by atoms with Crippen LogP contribution in [0.25, 0.3) is 11.3 Å². The molecule has 2 aromatic rings. The fraction of sp³-hybridized carbons (Fsp3) is 0.464. The van der Waals surface area contributed by atoms with Gasteiger partial charge in [0, 0.05) is 5.56 Å². The summed E-state index contributed by atoms with van der Waals surface area (Å²) in [5.74, 6) is -3.65. The summed E-state index contributed by atoms with van der Waals surface area (Å²) in [6.45, 7) is 5.26. The van der Waals surface area contributed by atoms with Crippen molar-refractivity contribution in [2.45, 2.75) is 57.4 Å². The number of nitrogens with zero attached hydrogens (tertiary/aromatic N) is 2. The molecule has 13 heteroatoms. The molecule has 2 bridgehead atoms. The number of aliphatic hydroxyl groups excluding tert-OH is 1. The summed E-state index contributed by atoms with van der Waals surface area (Å²) in [7, 11) is 0.210. The number of nitrogens with one attached hydrogen (secondary N) is 2. The number of amides is 2. The van der Waals surface area contributed by atoms with E-state index in [-0.39, 0.29) is 31.2 Å². The number of hydrogen-bond acceptors (Lipinski definition) is 10. The molecule has 0 saturated carbocycles. The minimum Gasteiger partial charge on any atom is -0.497 e. The molecule has 3 heterocycles. The number of carbonyl (C=O) groups excluding carboxylic acids is 4. The summed E-state index contributed by atoms with van der Waals surface area (Å²) < 4.78 is 16.5. The SMILES string of the molecule is CC(C)C[C@H](NC(=O)[C@@H](NC(=O)c1cccc(-c2ccccc2)n1)[C@@H](C)O)B1OC(=O)[C@H]2COC[C@@H](C(=O)O1)N2C. The van der Waals surface area contributed by atoms with Gasteiger partial charge in [-0.05, 0) is 38.4 Å². The molecule has 0 aliphatic carbocycles. The predicted molar refractivity (Wildman–Crippen MR) is 148 cm³/mol. The Kier molecular flexibility index (Phi) is 9.74. The molecule has 0 unspecified atom stereocenters. The van der Waals surface area contributed by atoms with Crippen LogP contribution in [0.3, 0.4) is 0 Å². The van der Waals surface area contributed by atoms with Crippen LogP contribution in [-0.2, 0) is 28.4 Å². The largest absolute Gasteiger partial charge is 0.622 e. The van der Waals surface area contributed by atoms with Crippen molar-refractivity contribution in [3.8, 4) is 11.3 Å². The Bertz CT molecular complexity index is 1230. The number of carbonyl (C=O) groups is 4. The van der Waals surface area contributed by atoms with E-state index in [1.54, 1.807) is 24.1 Å². The van der Waals surface area contributed by atoms with E-state index < -0.39 is 61.0 Å². The third-order valence-electron chi connectivity index (χ3n) is 7.03. The smallest absolute Gasteiger partial charge is 0.497 e. The molecule has 3 N–H and O–H groups in total. The van der Waals surface area contributed by atoms with Crippen molar-refractivity contribution in [1.29, 1.82) is 0 Å². The quantitative estimate of drug-likeness (QED) is 0.367. The number of hydrogen-bond donors (Lipinski definition) is 3. The first kappa shape index (κ1) is 30.2. The van der Waals surface area contributed by atoms with Crippen molar-refractivity contribution >= 4 is 30.9 Å². The molecule has 41 heavy (non-hydrogen) atoms. The van der Waals surface area contributed by atoms with Crippen LogP contribution in [0.5, 0.6) is 0 Å². The van der Waals surface area contributed by atoms with Gasteiger partial charge < -0.3 is 29.8 Å². The highest BCUT2D eigenvalue weighted by atomic mass is 16.6. The van der Waals surface area contributed by atoms with E-state index >= 15 is 0 Å². The Morgan fingerprint density at radius 3 is 2.22 bits per heavy atom. The van der Waals surface area contributed by atoms with Crippen LogP contribution >= 0.6 is 0 Å². The van der Waals surface area contributed by atoms with Gasteiger partial charge in [-0.2, -0.15) is 0 Å². The van der Waals surface area contributed by atoms with Crippen molar-refractivity contribution in [2.75, 3.05) is 20.3 Å². The van der Waals surface area contributed by atoms with Crippen LogP contribution in [-0.4, -0.2) is 96.3 Å². The van der Waals surface area contributed by atoms with Crippen LogP contribution in [0.4, 0.5) is 0 Å². The molecule has 0 spiro atoms. The fourth-order valence-corrected chi connectivity index (χ4v) is 4.76. The Morgan fingerprint density at radius 1 is 1.00 bits per heavy atom. The number of likely N-dealkylation sites (N-methyl/N-ethyl adjacent to an activating group) is 1. The van der Waals surface area contributed by atoms with E-state index in [9.17, 15) is 24.3 Å². The summed E-state index contributed by atoms with van der Waals surface area (Å²) in [4.78, 5) is 58.3. The molecule has 5 atom stereocenters. The zero-order valence-electron chi connectivity index (χ0n) is 23.5. The normalized spacial score (nSPS) is 21.6. The molecule has 2 saturated heterocycles. The maximum Gasteiger partial charge on any atom is 0.622 e. The number of morpholine rings is 1. The standard InChI is InChI=1S/C28H35BN4O8/c1-16(2)13-23(29-40-27(37)21-14-39-15-22(33(21)4)28(38)41-29)31-26(36)24(17(3)34)32-25(35)20-12-8-11-19(30-20)18-9-6-5-7-10-18/h5-12,16-17,21-24,34H,13-15H2,1-4H3,(H,31,36)(H,32,35)/t17-,21-,22+,23+,24+/m1/s1. The van der Waals surface area contributed by atoms with Crippen molar-refractivity contribution in [1.82, 2.24) is 20.5 Å². The molecule has 2 aliphatic rings. The van der Waals surface area contributed by atoms with Gasteiger partial charge in [0.05, 0.1) is 31.0 Å². The molecule has 4 rings (SSSR count).